The molecule has 2 rings (SSSR count). The Morgan fingerprint density at radius 1 is 1.64 bits per heavy atom. The molecule has 2 aliphatic rings. The molecule has 1 N–H and O–H groups in total. The maximum absolute atomic E-state index is 11.5. The van der Waals surface area contributed by atoms with Crippen LogP contribution in [0, 0.1) is 5.92 Å². The molecule has 0 aromatic heterocycles. The molecule has 1 saturated heterocycles. The minimum atomic E-state index is 0.136. The van der Waals surface area contributed by atoms with Gasteiger partial charge in [0.1, 0.15) is 6.61 Å². The Morgan fingerprint density at radius 3 is 3.00 bits per heavy atom. The van der Waals surface area contributed by atoms with Crippen LogP contribution in [0.4, 0.5) is 0 Å². The van der Waals surface area contributed by atoms with E-state index in [4.69, 9.17) is 4.74 Å². The van der Waals surface area contributed by atoms with Crippen molar-refractivity contribution in [2.45, 2.75) is 18.9 Å². The number of amides is 1. The van der Waals surface area contributed by atoms with Crippen molar-refractivity contribution in [1.82, 2.24) is 10.2 Å². The topological polar surface area (TPSA) is 41.6 Å². The van der Waals surface area contributed by atoms with Crippen molar-refractivity contribution in [3.63, 3.8) is 0 Å². The van der Waals surface area contributed by atoms with E-state index >= 15 is 0 Å². The smallest absolute Gasteiger partial charge is 0.248 e. The minimum Gasteiger partial charge on any atom is -0.370 e. The van der Waals surface area contributed by atoms with Crippen LogP contribution in [-0.2, 0) is 9.53 Å². The van der Waals surface area contributed by atoms with Crippen molar-refractivity contribution in [2.75, 3.05) is 33.4 Å². The van der Waals surface area contributed by atoms with Gasteiger partial charge in [0.2, 0.25) is 5.91 Å². The van der Waals surface area contributed by atoms with Crippen LogP contribution in [0.3, 0.4) is 0 Å². The van der Waals surface area contributed by atoms with Crippen LogP contribution in [0.2, 0.25) is 0 Å². The molecule has 1 saturated carbocycles. The van der Waals surface area contributed by atoms with Crippen molar-refractivity contribution in [3.05, 3.63) is 0 Å². The zero-order valence-electron chi connectivity index (χ0n) is 8.66. The number of carbonyl (C=O) groups is 1. The third kappa shape index (κ3) is 2.25. The van der Waals surface area contributed by atoms with Gasteiger partial charge in [0.05, 0.1) is 6.61 Å². The molecule has 4 heteroatoms. The van der Waals surface area contributed by atoms with E-state index in [1.165, 1.54) is 12.8 Å². The van der Waals surface area contributed by atoms with E-state index in [1.54, 1.807) is 0 Å². The number of carbonyl (C=O) groups excluding carboxylic acids is 1. The van der Waals surface area contributed by atoms with Crippen molar-refractivity contribution < 1.29 is 9.53 Å². The highest BCUT2D eigenvalue weighted by atomic mass is 16.5. The van der Waals surface area contributed by atoms with E-state index in [2.05, 4.69) is 5.32 Å². The molecule has 1 aliphatic carbocycles. The summed E-state index contributed by atoms with van der Waals surface area (Å²) < 4.78 is 5.09. The van der Waals surface area contributed by atoms with Crippen molar-refractivity contribution in [1.29, 1.82) is 0 Å². The first-order valence-electron chi connectivity index (χ1n) is 5.34. The lowest BCUT2D eigenvalue weighted by atomic mass is 10.1. The Bertz CT molecular complexity index is 216. The second kappa shape index (κ2) is 4.28. The summed E-state index contributed by atoms with van der Waals surface area (Å²) >= 11 is 0. The molecule has 0 bridgehead atoms. The number of ether oxygens (including phenoxy) is 1. The monoisotopic (exact) mass is 198 g/mol. The standard InChI is InChI=1S/C10H18N2O2/c1-11-9(8-2-3-8)6-12-4-5-14-7-10(12)13/h8-9,11H,2-7H2,1H3. The Kier molecular flexibility index (Phi) is 3.03. The molecule has 80 valence electrons. The highest BCUT2D eigenvalue weighted by Gasteiger charge is 2.32. The largest absolute Gasteiger partial charge is 0.370 e. The summed E-state index contributed by atoms with van der Waals surface area (Å²) in [6.45, 7) is 2.56. The second-order valence-electron chi connectivity index (χ2n) is 4.12. The van der Waals surface area contributed by atoms with Crippen LogP contribution in [0.1, 0.15) is 12.8 Å². The lowest BCUT2D eigenvalue weighted by molar-refractivity contribution is -0.143. The fourth-order valence-corrected chi connectivity index (χ4v) is 1.96. The summed E-state index contributed by atoms with van der Waals surface area (Å²) in [5.41, 5.74) is 0. The van der Waals surface area contributed by atoms with E-state index in [9.17, 15) is 4.79 Å². The van der Waals surface area contributed by atoms with Crippen LogP contribution in [0.5, 0.6) is 0 Å². The highest BCUT2D eigenvalue weighted by Crippen LogP contribution is 2.32. The minimum absolute atomic E-state index is 0.136. The predicted molar refractivity (Wildman–Crippen MR) is 53.0 cm³/mol. The number of hydrogen-bond acceptors (Lipinski definition) is 3. The fraction of sp³-hybridized carbons (Fsp3) is 0.900. The Balaban J connectivity index is 1.84. The van der Waals surface area contributed by atoms with Gasteiger partial charge in [-0.1, -0.05) is 0 Å². The zero-order chi connectivity index (χ0) is 9.97. The summed E-state index contributed by atoms with van der Waals surface area (Å²) in [5, 5.41) is 3.30. The second-order valence-corrected chi connectivity index (χ2v) is 4.12. The first-order valence-corrected chi connectivity index (χ1v) is 5.34. The van der Waals surface area contributed by atoms with Gasteiger partial charge in [0.15, 0.2) is 0 Å². The van der Waals surface area contributed by atoms with Gasteiger partial charge in [-0.2, -0.15) is 0 Å². The third-order valence-electron chi connectivity index (χ3n) is 3.06. The Hall–Kier alpha value is -0.610. The zero-order valence-corrected chi connectivity index (χ0v) is 8.66. The predicted octanol–water partition coefficient (Wildman–Crippen LogP) is -0.157. The molecule has 2 fully saturated rings. The Labute approximate surface area is 84.6 Å². The van der Waals surface area contributed by atoms with Crippen molar-refractivity contribution >= 4 is 5.91 Å². The molecule has 4 nitrogen and oxygen atoms in total. The van der Waals surface area contributed by atoms with E-state index in [1.807, 2.05) is 11.9 Å². The van der Waals surface area contributed by atoms with Gasteiger partial charge in [0.25, 0.3) is 0 Å². The number of rotatable bonds is 4. The lowest BCUT2D eigenvalue weighted by Gasteiger charge is -2.30. The fourth-order valence-electron chi connectivity index (χ4n) is 1.96. The van der Waals surface area contributed by atoms with Crippen LogP contribution in [0.15, 0.2) is 0 Å². The molecule has 1 unspecified atom stereocenters. The summed E-state index contributed by atoms with van der Waals surface area (Å²) in [7, 11) is 1.98. The highest BCUT2D eigenvalue weighted by molar-refractivity contribution is 5.78. The van der Waals surface area contributed by atoms with Gasteiger partial charge in [-0.25, -0.2) is 0 Å². The van der Waals surface area contributed by atoms with Crippen LogP contribution < -0.4 is 5.32 Å². The Morgan fingerprint density at radius 2 is 2.43 bits per heavy atom. The first kappa shape index (κ1) is 9.93. The maximum atomic E-state index is 11.5. The SMILES string of the molecule is CNC(CN1CCOCC1=O)C1CC1. The van der Waals surface area contributed by atoms with E-state index in [-0.39, 0.29) is 12.5 Å². The average molecular weight is 198 g/mol. The van der Waals surface area contributed by atoms with Gasteiger partial charge in [0, 0.05) is 19.1 Å². The average Bonchev–Trinajstić information content (AvgIpc) is 3.00. The van der Waals surface area contributed by atoms with Crippen LogP contribution >= 0.6 is 0 Å². The molecule has 0 aromatic rings. The number of nitrogens with zero attached hydrogens (tertiary/aromatic N) is 1. The van der Waals surface area contributed by atoms with Gasteiger partial charge in [-0.05, 0) is 25.8 Å². The molecule has 1 heterocycles. The number of hydrogen-bond donors (Lipinski definition) is 1. The number of nitrogens with one attached hydrogen (secondary N) is 1. The van der Waals surface area contributed by atoms with Gasteiger partial charge in [-0.15, -0.1) is 0 Å². The molecule has 14 heavy (non-hydrogen) atoms. The molecule has 0 radical (unpaired) electrons. The van der Waals surface area contributed by atoms with Gasteiger partial charge in [-0.3, -0.25) is 4.79 Å². The molecule has 1 aliphatic heterocycles. The van der Waals surface area contributed by atoms with Crippen molar-refractivity contribution in [3.8, 4) is 0 Å². The normalized spacial score (nSPS) is 25.2. The van der Waals surface area contributed by atoms with Gasteiger partial charge < -0.3 is 15.0 Å². The number of morpholine rings is 1. The maximum Gasteiger partial charge on any atom is 0.248 e. The summed E-state index contributed by atoms with van der Waals surface area (Å²) in [5.74, 6) is 0.924. The summed E-state index contributed by atoms with van der Waals surface area (Å²) in [4.78, 5) is 13.4. The van der Waals surface area contributed by atoms with E-state index in [0.29, 0.717) is 12.6 Å². The molecular formula is C10H18N2O2. The van der Waals surface area contributed by atoms with Crippen LogP contribution in [-0.4, -0.2) is 50.2 Å². The number of likely N-dealkylation sites (N-methyl/N-ethyl adjacent to an activating group) is 1. The first-order chi connectivity index (χ1) is 6.81. The lowest BCUT2D eigenvalue weighted by Crippen LogP contribution is -2.48. The molecule has 1 atom stereocenters. The molecule has 0 aromatic carbocycles. The molecule has 1 amide bonds. The molecule has 0 spiro atoms. The molecular weight excluding hydrogens is 180 g/mol. The van der Waals surface area contributed by atoms with Crippen LogP contribution in [0.25, 0.3) is 0 Å². The summed E-state index contributed by atoms with van der Waals surface area (Å²) in [6.07, 6.45) is 2.62. The quantitative estimate of drug-likeness (QED) is 0.682. The summed E-state index contributed by atoms with van der Waals surface area (Å²) in [6, 6.07) is 0.483. The van der Waals surface area contributed by atoms with Gasteiger partial charge >= 0.3 is 0 Å². The van der Waals surface area contributed by atoms with Crippen molar-refractivity contribution in [2.24, 2.45) is 5.92 Å². The third-order valence-corrected chi connectivity index (χ3v) is 3.06. The van der Waals surface area contributed by atoms with E-state index < -0.39 is 0 Å². The van der Waals surface area contributed by atoms with E-state index in [0.717, 1.165) is 19.0 Å².